The third-order valence-corrected chi connectivity index (χ3v) is 3.40. The number of rotatable bonds is 0. The van der Waals surface area contributed by atoms with Gasteiger partial charge in [-0.2, -0.15) is 0 Å². The van der Waals surface area contributed by atoms with Gasteiger partial charge in [-0.3, -0.25) is 0 Å². The smallest absolute Gasteiger partial charge is 0.785 e. The third kappa shape index (κ3) is 13.8. The van der Waals surface area contributed by atoms with Gasteiger partial charge in [-0.15, -0.1) is 15.7 Å². The number of hydrogen-bond acceptors (Lipinski definition) is 7. The van der Waals surface area contributed by atoms with Gasteiger partial charge in [0.1, 0.15) is 5.75 Å². The number of phenols is 1. The van der Waals surface area contributed by atoms with Crippen LogP contribution in [0.5, 0.6) is 5.75 Å². The van der Waals surface area contributed by atoms with Crippen molar-refractivity contribution in [3.05, 3.63) is 30.3 Å². The molecular formula is C15H21O4S3Zr. The van der Waals surface area contributed by atoms with E-state index in [1.54, 1.807) is 24.3 Å². The Hall–Kier alpha value is 0.833. The quantitative estimate of drug-likeness (QED) is 0.593. The third-order valence-electron chi connectivity index (χ3n) is 2.58. The van der Waals surface area contributed by atoms with Gasteiger partial charge in [0.15, 0.2) is 0 Å². The molecule has 3 saturated heterocycles. The molecule has 127 valence electrons. The van der Waals surface area contributed by atoms with Crippen LogP contribution in [0.25, 0.3) is 0 Å². The van der Waals surface area contributed by atoms with E-state index in [4.69, 9.17) is 57.2 Å². The maximum Gasteiger partial charge on any atom is 3.00 e. The number of benzene rings is 1. The van der Waals surface area contributed by atoms with E-state index in [1.807, 2.05) is 6.07 Å². The molecule has 0 amide bonds. The summed E-state index contributed by atoms with van der Waals surface area (Å²) in [5, 5.41) is 9.91. The predicted molar refractivity (Wildman–Crippen MR) is 94.0 cm³/mol. The molecular weight excluding hydrogens is 432 g/mol. The average Bonchev–Trinajstić information content (AvgIpc) is 2.43. The first kappa shape index (κ1) is 23.8. The fraction of sp³-hybridized carbons (Fsp3) is 0.600. The summed E-state index contributed by atoms with van der Waals surface area (Å²) >= 11 is 14.2. The van der Waals surface area contributed by atoms with Crippen molar-refractivity contribution in [1.29, 1.82) is 0 Å². The number of aromatic hydroxyl groups is 1. The fourth-order valence-corrected chi connectivity index (χ4v) is 1.65. The number of phenolic OH excluding ortho intramolecular Hbond substituents is 1. The van der Waals surface area contributed by atoms with Crippen molar-refractivity contribution in [2.24, 2.45) is 0 Å². The monoisotopic (exact) mass is 451 g/mol. The molecule has 8 heteroatoms. The molecule has 3 aliphatic rings. The van der Waals surface area contributed by atoms with Crippen LogP contribution in [0.15, 0.2) is 30.3 Å². The van der Waals surface area contributed by atoms with E-state index in [0.29, 0.717) is 21.5 Å². The van der Waals surface area contributed by atoms with Gasteiger partial charge in [-0.1, -0.05) is 18.2 Å². The molecule has 0 saturated carbocycles. The summed E-state index contributed by atoms with van der Waals surface area (Å²) in [5.41, 5.74) is 0. The van der Waals surface area contributed by atoms with Crippen LogP contribution >= 0.6 is 0 Å². The largest absolute Gasteiger partial charge is 3.00 e. The van der Waals surface area contributed by atoms with E-state index < -0.39 is 0 Å². The minimum Gasteiger partial charge on any atom is -0.785 e. The van der Waals surface area contributed by atoms with Crippen molar-refractivity contribution in [2.75, 3.05) is 39.6 Å². The molecule has 1 aromatic rings. The first-order valence-corrected chi connectivity index (χ1v) is 8.44. The molecule has 1 radical (unpaired) electrons. The summed E-state index contributed by atoms with van der Waals surface area (Å²) < 4.78 is 14.2. The van der Waals surface area contributed by atoms with Crippen LogP contribution in [-0.4, -0.2) is 60.5 Å². The summed E-state index contributed by atoms with van der Waals surface area (Å²) in [4.78, 5) is 0. The molecule has 0 unspecified atom stereocenters. The molecule has 3 fully saturated rings. The zero-order valence-corrected chi connectivity index (χ0v) is 17.7. The van der Waals surface area contributed by atoms with Crippen LogP contribution in [-0.2, 0) is 78.3 Å². The molecule has 23 heavy (non-hydrogen) atoms. The SMILES string of the molecule is Oc1ccccc1.[S-]C1COC1.[S-]C1COC1.[S-]C1COC1.[Zr+3]. The van der Waals surface area contributed by atoms with Gasteiger partial charge in [0, 0.05) is 39.6 Å². The molecule has 1 aromatic carbocycles. The van der Waals surface area contributed by atoms with Crippen molar-refractivity contribution >= 4 is 37.9 Å². The second-order valence-electron chi connectivity index (χ2n) is 4.81. The van der Waals surface area contributed by atoms with E-state index in [-0.39, 0.29) is 26.2 Å². The Morgan fingerprint density at radius 2 is 0.957 bits per heavy atom. The Kier molecular flexibility index (Phi) is 15.7. The van der Waals surface area contributed by atoms with Gasteiger partial charge in [0.2, 0.25) is 0 Å². The van der Waals surface area contributed by atoms with Crippen LogP contribution in [0.3, 0.4) is 0 Å². The molecule has 0 aliphatic carbocycles. The Morgan fingerprint density at radius 1 is 0.696 bits per heavy atom. The molecule has 0 bridgehead atoms. The Balaban J connectivity index is 0.000000280. The minimum absolute atomic E-state index is 0. The van der Waals surface area contributed by atoms with Crippen LogP contribution < -0.4 is 0 Å². The van der Waals surface area contributed by atoms with Crippen molar-refractivity contribution in [2.45, 2.75) is 15.7 Å². The average molecular weight is 453 g/mol. The van der Waals surface area contributed by atoms with Crippen molar-refractivity contribution < 1.29 is 45.5 Å². The number of para-hydroxylation sites is 1. The first-order valence-electron chi connectivity index (χ1n) is 7.02. The van der Waals surface area contributed by atoms with E-state index >= 15 is 0 Å². The van der Waals surface area contributed by atoms with Crippen LogP contribution in [0.1, 0.15) is 0 Å². The van der Waals surface area contributed by atoms with Crippen molar-refractivity contribution in [3.8, 4) is 5.75 Å². The molecule has 4 nitrogen and oxygen atoms in total. The molecule has 0 spiro atoms. The second-order valence-corrected chi connectivity index (χ2v) is 6.81. The van der Waals surface area contributed by atoms with Gasteiger partial charge in [-0.05, 0) is 12.1 Å². The van der Waals surface area contributed by atoms with E-state index in [1.165, 1.54) is 0 Å². The molecule has 1 N–H and O–H groups in total. The summed E-state index contributed by atoms with van der Waals surface area (Å²) in [5.74, 6) is 0.322. The minimum atomic E-state index is 0. The molecule has 0 aromatic heterocycles. The number of ether oxygens (including phenoxy) is 3. The Bertz CT molecular complexity index is 346. The van der Waals surface area contributed by atoms with Gasteiger partial charge in [0.25, 0.3) is 0 Å². The first-order chi connectivity index (χ1) is 10.6. The number of hydrogen-bond donors (Lipinski definition) is 1. The van der Waals surface area contributed by atoms with E-state index in [2.05, 4.69) is 0 Å². The Labute approximate surface area is 174 Å². The summed E-state index contributed by atoms with van der Waals surface area (Å²) in [6.07, 6.45) is 0. The summed E-state index contributed by atoms with van der Waals surface area (Å²) in [6.45, 7) is 4.81. The predicted octanol–water partition coefficient (Wildman–Crippen LogP) is 1.19. The zero-order valence-electron chi connectivity index (χ0n) is 12.8. The molecule has 4 rings (SSSR count). The standard InChI is InChI=1S/C6H6O.3C3H6OS.Zr/c7-6-4-2-1-3-5-6;3*5-3-1-4-2-3;/h1-5,7H;3*3,5H,1-2H2;/q;;;;+3/p-3. The van der Waals surface area contributed by atoms with Gasteiger partial charge < -0.3 is 57.2 Å². The van der Waals surface area contributed by atoms with E-state index in [9.17, 15) is 0 Å². The maximum absolute atomic E-state index is 8.63. The molecule has 3 heterocycles. The van der Waals surface area contributed by atoms with Gasteiger partial charge in [0.05, 0.1) is 0 Å². The van der Waals surface area contributed by atoms with Gasteiger partial charge in [-0.25, -0.2) is 0 Å². The second kappa shape index (κ2) is 15.1. The van der Waals surface area contributed by atoms with Gasteiger partial charge >= 0.3 is 26.2 Å². The maximum atomic E-state index is 8.63. The normalized spacial score (nSPS) is 19.4. The zero-order chi connectivity index (χ0) is 16.2. The Morgan fingerprint density at radius 3 is 1.04 bits per heavy atom. The fourth-order valence-electron chi connectivity index (χ4n) is 1.07. The van der Waals surface area contributed by atoms with Crippen LogP contribution in [0.2, 0.25) is 0 Å². The van der Waals surface area contributed by atoms with Crippen molar-refractivity contribution in [1.82, 2.24) is 0 Å². The van der Waals surface area contributed by atoms with E-state index in [0.717, 1.165) is 39.6 Å². The van der Waals surface area contributed by atoms with Crippen LogP contribution in [0, 0.1) is 0 Å². The molecule has 0 atom stereocenters. The van der Waals surface area contributed by atoms with Crippen LogP contribution in [0.4, 0.5) is 0 Å². The summed E-state index contributed by atoms with van der Waals surface area (Å²) in [6, 6.07) is 8.71. The summed E-state index contributed by atoms with van der Waals surface area (Å²) in [7, 11) is 0. The molecule has 3 aliphatic heterocycles. The topological polar surface area (TPSA) is 47.9 Å². The van der Waals surface area contributed by atoms with Crippen molar-refractivity contribution in [3.63, 3.8) is 0 Å².